The largest absolute Gasteiger partial charge is 0.493 e. The van der Waals surface area contributed by atoms with Crippen molar-refractivity contribution in [2.75, 3.05) is 18.1 Å². The number of benzene rings is 1. The monoisotopic (exact) mass is 239 g/mol. The van der Waals surface area contributed by atoms with E-state index in [0.717, 1.165) is 30.3 Å². The molecule has 0 bridgehead atoms. The van der Waals surface area contributed by atoms with E-state index in [1.807, 2.05) is 30.8 Å². The highest BCUT2D eigenvalue weighted by atomic mass is 32.2. The number of hydrogen-bond acceptors (Lipinski definition) is 3. The molecule has 1 atom stereocenters. The van der Waals surface area contributed by atoms with Crippen molar-refractivity contribution in [1.82, 2.24) is 0 Å². The van der Waals surface area contributed by atoms with Crippen LogP contribution in [-0.2, 0) is 0 Å². The van der Waals surface area contributed by atoms with Crippen molar-refractivity contribution in [3.05, 3.63) is 29.8 Å². The van der Waals surface area contributed by atoms with Gasteiger partial charge in [-0.1, -0.05) is 12.1 Å². The van der Waals surface area contributed by atoms with Gasteiger partial charge in [0.2, 0.25) is 0 Å². The third-order valence-electron chi connectivity index (χ3n) is 2.20. The van der Waals surface area contributed by atoms with Gasteiger partial charge in [0.15, 0.2) is 0 Å². The summed E-state index contributed by atoms with van der Waals surface area (Å²) in [6.07, 6.45) is 1.08. The van der Waals surface area contributed by atoms with E-state index in [-0.39, 0.29) is 0 Å². The van der Waals surface area contributed by atoms with Gasteiger partial charge in [-0.3, -0.25) is 0 Å². The molecule has 0 amide bonds. The number of rotatable bonds is 7. The predicted molar refractivity (Wildman–Crippen MR) is 72.3 cm³/mol. The van der Waals surface area contributed by atoms with Gasteiger partial charge in [-0.25, -0.2) is 0 Å². The summed E-state index contributed by atoms with van der Waals surface area (Å²) in [5, 5.41) is 0. The van der Waals surface area contributed by atoms with Crippen molar-refractivity contribution in [3.8, 4) is 5.75 Å². The second-order valence-electron chi connectivity index (χ2n) is 4.04. The maximum Gasteiger partial charge on any atom is 0.119 e. The number of nitrogens with two attached hydrogens (primary N) is 1. The molecule has 0 saturated heterocycles. The first-order valence-electron chi connectivity index (χ1n) is 5.71. The van der Waals surface area contributed by atoms with E-state index in [4.69, 9.17) is 10.5 Å². The molecule has 0 radical (unpaired) electrons. The third kappa shape index (κ3) is 6.03. The van der Waals surface area contributed by atoms with Crippen LogP contribution in [0.25, 0.3) is 0 Å². The minimum absolute atomic E-state index is 0.310. The number of ether oxygens (including phenoxy) is 1. The quantitative estimate of drug-likeness (QED) is 0.743. The Morgan fingerprint density at radius 2 is 2.19 bits per heavy atom. The average Bonchev–Trinajstić information content (AvgIpc) is 2.23. The second-order valence-corrected chi connectivity index (χ2v) is 5.27. The molecule has 16 heavy (non-hydrogen) atoms. The van der Waals surface area contributed by atoms with Crippen LogP contribution in [0.1, 0.15) is 18.9 Å². The highest BCUT2D eigenvalue weighted by Crippen LogP contribution is 2.13. The molecule has 2 nitrogen and oxygen atoms in total. The minimum atomic E-state index is 0.310. The Labute approximate surface area is 103 Å². The van der Waals surface area contributed by atoms with Gasteiger partial charge in [-0.05, 0) is 43.7 Å². The molecule has 2 N–H and O–H groups in total. The second kappa shape index (κ2) is 7.58. The molecule has 0 aliphatic heterocycles. The fraction of sp³-hybridized carbons (Fsp3) is 0.538. The van der Waals surface area contributed by atoms with Crippen molar-refractivity contribution in [3.63, 3.8) is 0 Å². The topological polar surface area (TPSA) is 35.2 Å². The Kier molecular flexibility index (Phi) is 6.34. The minimum Gasteiger partial charge on any atom is -0.493 e. The van der Waals surface area contributed by atoms with Crippen LogP contribution in [0.2, 0.25) is 0 Å². The molecule has 1 aromatic carbocycles. The molecule has 3 heteroatoms. The maximum absolute atomic E-state index is 5.67. The zero-order valence-electron chi connectivity index (χ0n) is 10.1. The summed E-state index contributed by atoms with van der Waals surface area (Å²) in [6.45, 7) is 4.89. The Hall–Kier alpha value is -0.670. The highest BCUT2D eigenvalue weighted by Gasteiger charge is 1.96. The molecular weight excluding hydrogens is 218 g/mol. The van der Waals surface area contributed by atoms with E-state index >= 15 is 0 Å². The first kappa shape index (κ1) is 13.4. The van der Waals surface area contributed by atoms with Crippen LogP contribution in [0.4, 0.5) is 0 Å². The molecule has 1 unspecified atom stereocenters. The molecule has 90 valence electrons. The van der Waals surface area contributed by atoms with E-state index < -0.39 is 0 Å². The van der Waals surface area contributed by atoms with Crippen molar-refractivity contribution in [2.24, 2.45) is 5.73 Å². The van der Waals surface area contributed by atoms with Gasteiger partial charge >= 0.3 is 0 Å². The zero-order chi connectivity index (χ0) is 11.8. The van der Waals surface area contributed by atoms with Gasteiger partial charge in [0.25, 0.3) is 0 Å². The fourth-order valence-corrected chi connectivity index (χ4v) is 2.24. The van der Waals surface area contributed by atoms with Gasteiger partial charge in [0, 0.05) is 11.8 Å². The Balaban J connectivity index is 2.07. The maximum atomic E-state index is 5.67. The first-order valence-corrected chi connectivity index (χ1v) is 6.87. The smallest absolute Gasteiger partial charge is 0.119 e. The van der Waals surface area contributed by atoms with Gasteiger partial charge in [0.1, 0.15) is 5.75 Å². The van der Waals surface area contributed by atoms with Crippen LogP contribution >= 0.6 is 11.8 Å². The Bertz CT molecular complexity index is 302. The lowest BCUT2D eigenvalue weighted by atomic mass is 10.2. The van der Waals surface area contributed by atoms with Crippen molar-refractivity contribution >= 4 is 11.8 Å². The van der Waals surface area contributed by atoms with Gasteiger partial charge in [0.05, 0.1) is 6.61 Å². The van der Waals surface area contributed by atoms with E-state index in [0.29, 0.717) is 6.04 Å². The van der Waals surface area contributed by atoms with E-state index in [1.165, 1.54) is 5.56 Å². The number of thioether (sulfide) groups is 1. The molecular formula is C13H21NOS. The fourth-order valence-electron chi connectivity index (χ4n) is 1.29. The predicted octanol–water partition coefficient (Wildman–Crippen LogP) is 2.84. The lowest BCUT2D eigenvalue weighted by Crippen LogP contribution is -2.15. The van der Waals surface area contributed by atoms with Crippen LogP contribution in [0.3, 0.4) is 0 Å². The average molecular weight is 239 g/mol. The van der Waals surface area contributed by atoms with Crippen LogP contribution in [0, 0.1) is 6.92 Å². The third-order valence-corrected chi connectivity index (χ3v) is 3.18. The summed E-state index contributed by atoms with van der Waals surface area (Å²) in [5.41, 5.74) is 6.91. The Morgan fingerprint density at radius 1 is 1.38 bits per heavy atom. The van der Waals surface area contributed by atoms with Crippen LogP contribution in [0.15, 0.2) is 24.3 Å². The number of hydrogen-bond donors (Lipinski definition) is 1. The molecule has 1 aromatic rings. The molecule has 0 spiro atoms. The number of aryl methyl sites for hydroxylation is 1. The normalized spacial score (nSPS) is 12.4. The van der Waals surface area contributed by atoms with Crippen LogP contribution in [0.5, 0.6) is 5.75 Å². The summed E-state index contributed by atoms with van der Waals surface area (Å²) < 4.78 is 5.64. The van der Waals surface area contributed by atoms with E-state index in [2.05, 4.69) is 19.1 Å². The molecule has 0 aliphatic carbocycles. The SMILES string of the molecule is Cc1cccc(OCCSCCC(C)N)c1. The van der Waals surface area contributed by atoms with Gasteiger partial charge < -0.3 is 10.5 Å². The van der Waals surface area contributed by atoms with Crippen molar-refractivity contribution in [2.45, 2.75) is 26.3 Å². The summed E-state index contributed by atoms with van der Waals surface area (Å²) in [4.78, 5) is 0. The van der Waals surface area contributed by atoms with E-state index in [9.17, 15) is 0 Å². The van der Waals surface area contributed by atoms with Crippen molar-refractivity contribution < 1.29 is 4.74 Å². The standard InChI is InChI=1S/C13H21NOS/c1-11-4-3-5-13(10-11)15-7-9-16-8-6-12(2)14/h3-5,10,12H,6-9,14H2,1-2H3. The summed E-state index contributed by atoms with van der Waals surface area (Å²) in [5.74, 6) is 3.11. The lowest BCUT2D eigenvalue weighted by molar-refractivity contribution is 0.343. The molecule has 0 fully saturated rings. The molecule has 0 saturated carbocycles. The van der Waals surface area contributed by atoms with E-state index in [1.54, 1.807) is 0 Å². The zero-order valence-corrected chi connectivity index (χ0v) is 10.9. The summed E-state index contributed by atoms with van der Waals surface area (Å²) in [6, 6.07) is 8.47. The molecule has 0 aromatic heterocycles. The Morgan fingerprint density at radius 3 is 2.88 bits per heavy atom. The summed E-state index contributed by atoms with van der Waals surface area (Å²) in [7, 11) is 0. The lowest BCUT2D eigenvalue weighted by Gasteiger charge is -2.07. The van der Waals surface area contributed by atoms with Crippen LogP contribution < -0.4 is 10.5 Å². The van der Waals surface area contributed by atoms with Crippen LogP contribution in [-0.4, -0.2) is 24.2 Å². The van der Waals surface area contributed by atoms with Gasteiger partial charge in [-0.15, -0.1) is 0 Å². The molecule has 0 heterocycles. The molecule has 1 rings (SSSR count). The van der Waals surface area contributed by atoms with Gasteiger partial charge in [-0.2, -0.15) is 11.8 Å². The summed E-state index contributed by atoms with van der Waals surface area (Å²) >= 11 is 1.90. The first-order chi connectivity index (χ1) is 7.68. The molecule has 0 aliphatic rings. The highest BCUT2D eigenvalue weighted by molar-refractivity contribution is 7.99. The van der Waals surface area contributed by atoms with Crippen molar-refractivity contribution in [1.29, 1.82) is 0 Å².